The molecular weight excluding hydrogens is 312 g/mol. The van der Waals surface area contributed by atoms with E-state index in [1.165, 1.54) is 0 Å². The molecule has 4 nitrogen and oxygen atoms in total. The van der Waals surface area contributed by atoms with Crippen molar-refractivity contribution in [3.63, 3.8) is 0 Å². The van der Waals surface area contributed by atoms with Gasteiger partial charge in [0.15, 0.2) is 0 Å². The fourth-order valence-electron chi connectivity index (χ4n) is 3.94. The average molecular weight is 347 g/mol. The van der Waals surface area contributed by atoms with Gasteiger partial charge in [-0.05, 0) is 38.2 Å². The lowest BCUT2D eigenvalue weighted by Gasteiger charge is -2.38. The third kappa shape index (κ3) is 4.62. The van der Waals surface area contributed by atoms with Crippen LogP contribution >= 0.6 is 0 Å². The van der Waals surface area contributed by atoms with Crippen LogP contribution in [0.4, 0.5) is 0 Å². The van der Waals surface area contributed by atoms with E-state index in [-0.39, 0.29) is 23.9 Å². The maximum atomic E-state index is 13.0. The van der Waals surface area contributed by atoms with Gasteiger partial charge in [0.1, 0.15) is 0 Å². The molecule has 0 unspecified atom stereocenters. The number of likely N-dealkylation sites (N-methyl/N-ethyl adjacent to an activating group) is 1. The smallest absolute Gasteiger partial charge is 0.239 e. The number of nitrogens with one attached hydrogen (secondary N) is 1. The van der Waals surface area contributed by atoms with Crippen molar-refractivity contribution in [3.05, 3.63) is 35.9 Å². The number of nitrogens with zero attached hydrogens (tertiary/aromatic N) is 1. The number of amides is 1. The number of hydrogen-bond acceptors (Lipinski definition) is 3. The number of hydrogen-bond donors (Lipinski definition) is 2. The maximum absolute atomic E-state index is 13.0. The second kappa shape index (κ2) is 8.81. The van der Waals surface area contributed by atoms with Gasteiger partial charge in [-0.25, -0.2) is 0 Å². The SMILES string of the molecule is CCN(CC)C(=O)[C@@H](N[C@H](c1ccccc1)C1(O)CCCC1)C(C)C. The molecule has 2 N–H and O–H groups in total. The van der Waals surface area contributed by atoms with Crippen LogP contribution in [0, 0.1) is 5.92 Å². The topological polar surface area (TPSA) is 52.6 Å². The number of benzene rings is 1. The van der Waals surface area contributed by atoms with Crippen molar-refractivity contribution in [1.82, 2.24) is 10.2 Å². The van der Waals surface area contributed by atoms with Crippen LogP contribution in [0.1, 0.15) is 65.0 Å². The maximum Gasteiger partial charge on any atom is 0.239 e. The summed E-state index contributed by atoms with van der Waals surface area (Å²) in [7, 11) is 0. The normalized spacial score (nSPS) is 19.0. The lowest BCUT2D eigenvalue weighted by atomic mass is 9.85. The quantitative estimate of drug-likeness (QED) is 0.757. The first-order valence-electron chi connectivity index (χ1n) is 9.75. The zero-order chi connectivity index (χ0) is 18.4. The standard InChI is InChI=1S/C21H34N2O2/c1-5-23(6-2)20(24)18(16(3)4)22-19(17-12-8-7-9-13-17)21(25)14-10-11-15-21/h7-9,12-13,16,18-19,22,25H,5-6,10-11,14-15H2,1-4H3/t18-,19+/m0/s1. The second-order valence-electron chi connectivity index (χ2n) is 7.55. The Bertz CT molecular complexity index is 534. The van der Waals surface area contributed by atoms with Crippen LogP contribution in [-0.4, -0.2) is 40.6 Å². The molecule has 1 aliphatic rings. The molecule has 1 aliphatic carbocycles. The summed E-state index contributed by atoms with van der Waals surface area (Å²) in [6, 6.07) is 9.57. The van der Waals surface area contributed by atoms with E-state index < -0.39 is 5.60 Å². The highest BCUT2D eigenvalue weighted by Crippen LogP contribution is 2.40. The molecule has 0 radical (unpaired) electrons. The van der Waals surface area contributed by atoms with Gasteiger partial charge in [0.05, 0.1) is 17.7 Å². The first-order chi connectivity index (χ1) is 11.9. The molecule has 140 valence electrons. The van der Waals surface area contributed by atoms with Crippen molar-refractivity contribution < 1.29 is 9.90 Å². The largest absolute Gasteiger partial charge is 0.388 e. The third-order valence-corrected chi connectivity index (χ3v) is 5.49. The van der Waals surface area contributed by atoms with E-state index in [1.54, 1.807) is 0 Å². The van der Waals surface area contributed by atoms with Gasteiger partial charge in [-0.2, -0.15) is 0 Å². The summed E-state index contributed by atoms with van der Waals surface area (Å²) in [5.74, 6) is 0.284. The molecule has 0 aliphatic heterocycles. The fraction of sp³-hybridized carbons (Fsp3) is 0.667. The van der Waals surface area contributed by atoms with E-state index in [1.807, 2.05) is 49.1 Å². The molecule has 0 bridgehead atoms. The zero-order valence-corrected chi connectivity index (χ0v) is 16.2. The van der Waals surface area contributed by atoms with E-state index in [4.69, 9.17) is 0 Å². The summed E-state index contributed by atoms with van der Waals surface area (Å²) in [4.78, 5) is 14.9. The predicted octanol–water partition coefficient (Wildman–Crippen LogP) is 3.52. The van der Waals surface area contributed by atoms with E-state index in [0.29, 0.717) is 13.1 Å². The number of carbonyl (C=O) groups is 1. The van der Waals surface area contributed by atoms with Gasteiger partial charge in [-0.1, -0.05) is 57.0 Å². The van der Waals surface area contributed by atoms with Crippen LogP contribution in [0.15, 0.2) is 30.3 Å². The van der Waals surface area contributed by atoms with Gasteiger partial charge in [-0.3, -0.25) is 10.1 Å². The van der Waals surface area contributed by atoms with Gasteiger partial charge < -0.3 is 10.0 Å². The number of aliphatic hydroxyl groups is 1. The summed E-state index contributed by atoms with van der Waals surface area (Å²) < 4.78 is 0. The van der Waals surface area contributed by atoms with E-state index in [2.05, 4.69) is 19.2 Å². The Balaban J connectivity index is 2.31. The second-order valence-corrected chi connectivity index (χ2v) is 7.55. The summed E-state index contributed by atoms with van der Waals surface area (Å²) in [6.45, 7) is 9.58. The van der Waals surface area contributed by atoms with Crippen molar-refractivity contribution in [2.75, 3.05) is 13.1 Å². The molecule has 0 aromatic heterocycles. The Morgan fingerprint density at radius 3 is 2.20 bits per heavy atom. The zero-order valence-electron chi connectivity index (χ0n) is 16.2. The summed E-state index contributed by atoms with van der Waals surface area (Å²) in [5, 5.41) is 14.8. The highest BCUT2D eigenvalue weighted by Gasteiger charge is 2.42. The Morgan fingerprint density at radius 1 is 1.16 bits per heavy atom. The molecular formula is C21H34N2O2. The van der Waals surface area contributed by atoms with Crippen LogP contribution in [0.25, 0.3) is 0 Å². The minimum atomic E-state index is -0.780. The fourth-order valence-corrected chi connectivity index (χ4v) is 3.94. The Labute approximate surface area is 152 Å². The van der Waals surface area contributed by atoms with Crippen LogP contribution in [0.2, 0.25) is 0 Å². The Kier molecular flexibility index (Phi) is 7.03. The molecule has 0 spiro atoms. The highest BCUT2D eigenvalue weighted by molar-refractivity contribution is 5.82. The van der Waals surface area contributed by atoms with Gasteiger partial charge in [0.25, 0.3) is 0 Å². The van der Waals surface area contributed by atoms with Crippen molar-refractivity contribution in [2.24, 2.45) is 5.92 Å². The van der Waals surface area contributed by atoms with Crippen LogP contribution in [0.5, 0.6) is 0 Å². The number of rotatable bonds is 8. The molecule has 0 heterocycles. The predicted molar refractivity (Wildman–Crippen MR) is 102 cm³/mol. The van der Waals surface area contributed by atoms with Gasteiger partial charge in [0.2, 0.25) is 5.91 Å². The van der Waals surface area contributed by atoms with E-state index in [9.17, 15) is 9.90 Å². The minimum Gasteiger partial charge on any atom is -0.388 e. The molecule has 1 aromatic carbocycles. The lowest BCUT2D eigenvalue weighted by Crippen LogP contribution is -2.54. The summed E-state index contributed by atoms with van der Waals surface area (Å²) in [5.41, 5.74) is 0.280. The van der Waals surface area contributed by atoms with Crippen molar-refractivity contribution in [1.29, 1.82) is 0 Å². The summed E-state index contributed by atoms with van der Waals surface area (Å²) in [6.07, 6.45) is 3.64. The first kappa shape index (κ1) is 19.9. The molecule has 2 atom stereocenters. The number of carbonyl (C=O) groups excluding carboxylic acids is 1. The highest BCUT2D eigenvalue weighted by atomic mass is 16.3. The molecule has 0 saturated heterocycles. The van der Waals surface area contributed by atoms with E-state index in [0.717, 1.165) is 31.2 Å². The molecule has 1 amide bonds. The molecule has 1 saturated carbocycles. The van der Waals surface area contributed by atoms with Crippen LogP contribution in [0.3, 0.4) is 0 Å². The van der Waals surface area contributed by atoms with E-state index >= 15 is 0 Å². The third-order valence-electron chi connectivity index (χ3n) is 5.49. The Morgan fingerprint density at radius 2 is 1.72 bits per heavy atom. The molecule has 1 fully saturated rings. The average Bonchev–Trinajstić information content (AvgIpc) is 3.04. The molecule has 2 rings (SSSR count). The van der Waals surface area contributed by atoms with Gasteiger partial charge in [-0.15, -0.1) is 0 Å². The molecule has 1 aromatic rings. The van der Waals surface area contributed by atoms with Crippen molar-refractivity contribution >= 4 is 5.91 Å². The monoisotopic (exact) mass is 346 g/mol. The van der Waals surface area contributed by atoms with Crippen LogP contribution < -0.4 is 5.32 Å². The lowest BCUT2D eigenvalue weighted by molar-refractivity contribution is -0.135. The van der Waals surface area contributed by atoms with Crippen molar-refractivity contribution in [3.8, 4) is 0 Å². The van der Waals surface area contributed by atoms with Crippen LogP contribution in [-0.2, 0) is 4.79 Å². The van der Waals surface area contributed by atoms with Gasteiger partial charge in [0, 0.05) is 13.1 Å². The molecule has 4 heteroatoms. The first-order valence-corrected chi connectivity index (χ1v) is 9.75. The Hall–Kier alpha value is -1.39. The van der Waals surface area contributed by atoms with Gasteiger partial charge >= 0.3 is 0 Å². The summed E-state index contributed by atoms with van der Waals surface area (Å²) >= 11 is 0. The minimum absolute atomic E-state index is 0.127. The molecule has 25 heavy (non-hydrogen) atoms. The van der Waals surface area contributed by atoms with Crippen molar-refractivity contribution in [2.45, 2.75) is 71.1 Å².